The highest BCUT2D eigenvalue weighted by molar-refractivity contribution is 6.07. The van der Waals surface area contributed by atoms with Crippen LogP contribution in [0, 0.1) is 5.92 Å². The zero-order valence-electron chi connectivity index (χ0n) is 11.5. The van der Waals surface area contributed by atoms with Gasteiger partial charge in [0.1, 0.15) is 0 Å². The number of hydrogen-bond acceptors (Lipinski definition) is 3. The first-order valence-electron chi connectivity index (χ1n) is 6.86. The van der Waals surface area contributed by atoms with E-state index in [-0.39, 0.29) is 17.4 Å². The smallest absolute Gasteiger partial charge is 0.337 e. The lowest BCUT2D eigenvalue weighted by Gasteiger charge is -2.19. The third-order valence-corrected chi connectivity index (χ3v) is 3.92. The van der Waals surface area contributed by atoms with Gasteiger partial charge in [0.2, 0.25) is 5.91 Å². The monoisotopic (exact) mass is 284 g/mol. The van der Waals surface area contributed by atoms with Crippen LogP contribution in [-0.2, 0) is 4.79 Å². The van der Waals surface area contributed by atoms with Crippen LogP contribution in [0.25, 0.3) is 10.8 Å². The Morgan fingerprint density at radius 3 is 2.52 bits per heavy atom. The van der Waals surface area contributed by atoms with Crippen molar-refractivity contribution in [2.24, 2.45) is 11.7 Å². The molecule has 5 heteroatoms. The lowest BCUT2D eigenvalue weighted by molar-refractivity contribution is -0.117. The quantitative estimate of drug-likeness (QED) is 0.901. The van der Waals surface area contributed by atoms with Gasteiger partial charge in [0.15, 0.2) is 0 Å². The minimum absolute atomic E-state index is 0.0665. The molecule has 108 valence electrons. The number of rotatable bonds is 3. The van der Waals surface area contributed by atoms with E-state index in [9.17, 15) is 14.7 Å². The van der Waals surface area contributed by atoms with Gasteiger partial charge in [0, 0.05) is 13.0 Å². The lowest BCUT2D eigenvalue weighted by atomic mass is 10.0. The van der Waals surface area contributed by atoms with Gasteiger partial charge in [-0.05, 0) is 35.4 Å². The van der Waals surface area contributed by atoms with Gasteiger partial charge >= 0.3 is 5.97 Å². The molecule has 0 radical (unpaired) electrons. The first kappa shape index (κ1) is 13.6. The van der Waals surface area contributed by atoms with E-state index >= 15 is 0 Å². The van der Waals surface area contributed by atoms with Crippen LogP contribution in [0.3, 0.4) is 0 Å². The Kier molecular flexibility index (Phi) is 3.35. The van der Waals surface area contributed by atoms with E-state index in [1.165, 1.54) is 0 Å². The molecule has 1 atom stereocenters. The predicted molar refractivity (Wildman–Crippen MR) is 80.4 cm³/mol. The van der Waals surface area contributed by atoms with Crippen molar-refractivity contribution >= 4 is 28.3 Å². The van der Waals surface area contributed by atoms with Crippen LogP contribution < -0.4 is 10.6 Å². The van der Waals surface area contributed by atoms with Crippen molar-refractivity contribution in [2.75, 3.05) is 18.0 Å². The van der Waals surface area contributed by atoms with Gasteiger partial charge in [-0.25, -0.2) is 4.79 Å². The van der Waals surface area contributed by atoms with Gasteiger partial charge in [-0.2, -0.15) is 0 Å². The highest BCUT2D eigenvalue weighted by atomic mass is 16.4. The van der Waals surface area contributed by atoms with Crippen molar-refractivity contribution < 1.29 is 14.7 Å². The molecule has 1 heterocycles. The van der Waals surface area contributed by atoms with Gasteiger partial charge in [0.05, 0.1) is 11.3 Å². The number of hydrogen-bond donors (Lipinski definition) is 2. The molecule has 1 saturated heterocycles. The number of carbonyl (C=O) groups is 2. The Morgan fingerprint density at radius 2 is 1.95 bits per heavy atom. The molecule has 0 bridgehead atoms. The summed E-state index contributed by atoms with van der Waals surface area (Å²) >= 11 is 0. The number of amides is 1. The molecule has 0 saturated carbocycles. The molecule has 0 aromatic heterocycles. The fourth-order valence-corrected chi connectivity index (χ4v) is 2.80. The van der Waals surface area contributed by atoms with Gasteiger partial charge < -0.3 is 15.7 Å². The van der Waals surface area contributed by atoms with Gasteiger partial charge in [-0.1, -0.05) is 24.3 Å². The average Bonchev–Trinajstić information content (AvgIpc) is 2.87. The maximum absolute atomic E-state index is 12.1. The first-order valence-corrected chi connectivity index (χ1v) is 6.86. The Labute approximate surface area is 122 Å². The standard InChI is InChI=1S/C16H16N2O3/c17-8-10-5-15(19)18(9-10)14-7-12-4-2-1-3-11(12)6-13(14)16(20)21/h1-4,6-7,10H,5,8-9,17H2,(H,20,21). The summed E-state index contributed by atoms with van der Waals surface area (Å²) in [6.07, 6.45) is 0.377. The molecule has 0 spiro atoms. The molecule has 21 heavy (non-hydrogen) atoms. The molecule has 1 aliphatic rings. The zero-order chi connectivity index (χ0) is 15.0. The Bertz CT molecular complexity index is 727. The largest absolute Gasteiger partial charge is 0.478 e. The van der Waals surface area contributed by atoms with Crippen molar-refractivity contribution in [1.29, 1.82) is 0 Å². The second-order valence-electron chi connectivity index (χ2n) is 5.33. The molecule has 1 aliphatic heterocycles. The van der Waals surface area contributed by atoms with Crippen LogP contribution in [0.5, 0.6) is 0 Å². The summed E-state index contributed by atoms with van der Waals surface area (Å²) in [7, 11) is 0. The van der Waals surface area contributed by atoms with E-state index in [0.29, 0.717) is 25.2 Å². The number of nitrogens with zero attached hydrogens (tertiary/aromatic N) is 1. The summed E-state index contributed by atoms with van der Waals surface area (Å²) in [6.45, 7) is 0.909. The predicted octanol–water partition coefficient (Wildman–Crippen LogP) is 1.85. The number of aromatic carboxylic acids is 1. The molecule has 2 aromatic rings. The summed E-state index contributed by atoms with van der Waals surface area (Å²) in [6, 6.07) is 10.9. The number of nitrogens with two attached hydrogens (primary N) is 1. The van der Waals surface area contributed by atoms with Crippen LogP contribution in [0.1, 0.15) is 16.8 Å². The van der Waals surface area contributed by atoms with Gasteiger partial charge in [-0.3, -0.25) is 4.79 Å². The van der Waals surface area contributed by atoms with Crippen LogP contribution in [-0.4, -0.2) is 30.1 Å². The molecule has 1 unspecified atom stereocenters. The van der Waals surface area contributed by atoms with Gasteiger partial charge in [0.25, 0.3) is 0 Å². The SMILES string of the molecule is NCC1CC(=O)N(c2cc3ccccc3cc2C(=O)O)C1. The molecule has 2 aromatic carbocycles. The molecule has 5 nitrogen and oxygen atoms in total. The fourth-order valence-electron chi connectivity index (χ4n) is 2.80. The summed E-state index contributed by atoms with van der Waals surface area (Å²) in [4.78, 5) is 25.2. The Balaban J connectivity index is 2.14. The van der Waals surface area contributed by atoms with E-state index in [1.807, 2.05) is 24.3 Å². The maximum Gasteiger partial charge on any atom is 0.337 e. The van der Waals surface area contributed by atoms with Crippen molar-refractivity contribution in [1.82, 2.24) is 0 Å². The van der Waals surface area contributed by atoms with Crippen LogP contribution in [0.15, 0.2) is 36.4 Å². The average molecular weight is 284 g/mol. The van der Waals surface area contributed by atoms with E-state index in [2.05, 4.69) is 0 Å². The number of carboxylic acid groups (broad SMARTS) is 1. The van der Waals surface area contributed by atoms with E-state index in [1.54, 1.807) is 17.0 Å². The molecular weight excluding hydrogens is 268 g/mol. The third kappa shape index (κ3) is 2.36. The number of fused-ring (bicyclic) bond motifs is 1. The third-order valence-electron chi connectivity index (χ3n) is 3.92. The topological polar surface area (TPSA) is 83.6 Å². The summed E-state index contributed by atoms with van der Waals surface area (Å²) in [5.41, 5.74) is 6.24. The first-order chi connectivity index (χ1) is 10.1. The number of carbonyl (C=O) groups excluding carboxylic acids is 1. The van der Waals surface area contributed by atoms with Crippen LogP contribution in [0.4, 0.5) is 5.69 Å². The number of carboxylic acids is 1. The summed E-state index contributed by atoms with van der Waals surface area (Å²) < 4.78 is 0. The number of anilines is 1. The highest BCUT2D eigenvalue weighted by Gasteiger charge is 2.32. The normalized spacial score (nSPS) is 18.4. The second kappa shape index (κ2) is 5.18. The Morgan fingerprint density at radius 1 is 1.29 bits per heavy atom. The van der Waals surface area contributed by atoms with Crippen molar-refractivity contribution in [3.8, 4) is 0 Å². The fraction of sp³-hybridized carbons (Fsp3) is 0.250. The number of benzene rings is 2. The maximum atomic E-state index is 12.1. The molecule has 0 aliphatic carbocycles. The van der Waals surface area contributed by atoms with Crippen molar-refractivity contribution in [2.45, 2.75) is 6.42 Å². The molecule has 1 amide bonds. The molecular formula is C16H16N2O3. The van der Waals surface area contributed by atoms with Gasteiger partial charge in [-0.15, -0.1) is 0 Å². The second-order valence-corrected chi connectivity index (χ2v) is 5.33. The lowest BCUT2D eigenvalue weighted by Crippen LogP contribution is -2.27. The minimum atomic E-state index is -1.03. The zero-order valence-corrected chi connectivity index (χ0v) is 11.5. The summed E-state index contributed by atoms with van der Waals surface area (Å²) in [5.74, 6) is -1.01. The van der Waals surface area contributed by atoms with E-state index in [4.69, 9.17) is 5.73 Å². The highest BCUT2D eigenvalue weighted by Crippen LogP contribution is 2.31. The van der Waals surface area contributed by atoms with E-state index in [0.717, 1.165) is 10.8 Å². The van der Waals surface area contributed by atoms with E-state index < -0.39 is 5.97 Å². The minimum Gasteiger partial charge on any atom is -0.478 e. The van der Waals surface area contributed by atoms with Crippen molar-refractivity contribution in [3.63, 3.8) is 0 Å². The van der Waals surface area contributed by atoms with Crippen LogP contribution in [0.2, 0.25) is 0 Å². The molecule has 3 rings (SSSR count). The summed E-state index contributed by atoms with van der Waals surface area (Å²) in [5, 5.41) is 11.2. The van der Waals surface area contributed by atoms with Crippen LogP contribution >= 0.6 is 0 Å². The molecule has 1 fully saturated rings. The van der Waals surface area contributed by atoms with Crippen molar-refractivity contribution in [3.05, 3.63) is 42.0 Å². The molecule has 3 N–H and O–H groups in total. The Hall–Kier alpha value is -2.40.